The SMILES string of the molecule is CCCCCNC(=O)N1CCN(c2cc(Cl)ccc2Cl)CC1. The van der Waals surface area contributed by atoms with E-state index in [4.69, 9.17) is 23.2 Å². The van der Waals surface area contributed by atoms with Crippen LogP contribution < -0.4 is 10.2 Å². The van der Waals surface area contributed by atoms with E-state index in [0.29, 0.717) is 23.1 Å². The van der Waals surface area contributed by atoms with Crippen LogP contribution in [0.3, 0.4) is 0 Å². The zero-order chi connectivity index (χ0) is 15.9. The van der Waals surface area contributed by atoms with E-state index in [1.165, 1.54) is 0 Å². The molecule has 0 aromatic heterocycles. The smallest absolute Gasteiger partial charge is 0.317 e. The first kappa shape index (κ1) is 17.2. The average Bonchev–Trinajstić information content (AvgIpc) is 2.54. The number of benzene rings is 1. The summed E-state index contributed by atoms with van der Waals surface area (Å²) in [6.07, 6.45) is 3.36. The van der Waals surface area contributed by atoms with Gasteiger partial charge in [0.25, 0.3) is 0 Å². The minimum absolute atomic E-state index is 0.0351. The highest BCUT2D eigenvalue weighted by molar-refractivity contribution is 6.35. The highest BCUT2D eigenvalue weighted by Gasteiger charge is 2.22. The third-order valence-electron chi connectivity index (χ3n) is 3.87. The number of carbonyl (C=O) groups excluding carboxylic acids is 1. The number of halogens is 2. The number of nitrogens with zero attached hydrogens (tertiary/aromatic N) is 2. The Morgan fingerprint density at radius 2 is 1.91 bits per heavy atom. The summed E-state index contributed by atoms with van der Waals surface area (Å²) >= 11 is 12.3. The molecule has 6 heteroatoms. The van der Waals surface area contributed by atoms with Gasteiger partial charge < -0.3 is 15.1 Å². The summed E-state index contributed by atoms with van der Waals surface area (Å²) < 4.78 is 0. The van der Waals surface area contributed by atoms with Gasteiger partial charge in [0.05, 0.1) is 10.7 Å². The second-order valence-electron chi connectivity index (χ2n) is 5.51. The first-order valence-electron chi connectivity index (χ1n) is 7.84. The summed E-state index contributed by atoms with van der Waals surface area (Å²) in [6.45, 7) is 5.84. The van der Waals surface area contributed by atoms with Crippen LogP contribution in [0.25, 0.3) is 0 Å². The van der Waals surface area contributed by atoms with Crippen molar-refractivity contribution in [3.8, 4) is 0 Å². The molecule has 1 fully saturated rings. The lowest BCUT2D eigenvalue weighted by Crippen LogP contribution is -2.52. The number of carbonyl (C=O) groups is 1. The van der Waals surface area contributed by atoms with Gasteiger partial charge in [0.1, 0.15) is 0 Å². The molecule has 1 aromatic carbocycles. The van der Waals surface area contributed by atoms with Gasteiger partial charge in [-0.1, -0.05) is 43.0 Å². The van der Waals surface area contributed by atoms with Crippen molar-refractivity contribution in [3.63, 3.8) is 0 Å². The van der Waals surface area contributed by atoms with E-state index in [1.807, 2.05) is 17.0 Å². The maximum atomic E-state index is 12.1. The van der Waals surface area contributed by atoms with Gasteiger partial charge in [-0.25, -0.2) is 4.79 Å². The quantitative estimate of drug-likeness (QED) is 0.819. The van der Waals surface area contributed by atoms with Crippen LogP contribution in [0.4, 0.5) is 10.5 Å². The molecule has 1 aliphatic heterocycles. The number of anilines is 1. The molecular formula is C16H23Cl2N3O. The van der Waals surface area contributed by atoms with Crippen molar-refractivity contribution in [3.05, 3.63) is 28.2 Å². The third-order valence-corrected chi connectivity index (χ3v) is 4.43. The Hall–Kier alpha value is -1.13. The van der Waals surface area contributed by atoms with E-state index in [2.05, 4.69) is 17.1 Å². The van der Waals surface area contributed by atoms with Gasteiger partial charge in [0.15, 0.2) is 0 Å². The molecule has 0 aliphatic carbocycles. The molecule has 0 saturated carbocycles. The van der Waals surface area contributed by atoms with Crippen molar-refractivity contribution < 1.29 is 4.79 Å². The van der Waals surface area contributed by atoms with Crippen molar-refractivity contribution in [2.45, 2.75) is 26.2 Å². The lowest BCUT2D eigenvalue weighted by Gasteiger charge is -2.36. The summed E-state index contributed by atoms with van der Waals surface area (Å²) in [5.41, 5.74) is 0.942. The Balaban J connectivity index is 1.82. The fraction of sp³-hybridized carbons (Fsp3) is 0.562. The Morgan fingerprint density at radius 1 is 1.18 bits per heavy atom. The molecule has 22 heavy (non-hydrogen) atoms. The van der Waals surface area contributed by atoms with Gasteiger partial charge in [-0.2, -0.15) is 0 Å². The normalized spacial score (nSPS) is 15.0. The number of piperazine rings is 1. The molecule has 0 radical (unpaired) electrons. The topological polar surface area (TPSA) is 35.6 Å². The molecule has 4 nitrogen and oxygen atoms in total. The molecule has 1 aliphatic rings. The van der Waals surface area contributed by atoms with Crippen molar-refractivity contribution in [1.82, 2.24) is 10.2 Å². The molecule has 0 atom stereocenters. The Bertz CT molecular complexity index is 502. The number of amides is 2. The van der Waals surface area contributed by atoms with Crippen LogP contribution >= 0.6 is 23.2 Å². The van der Waals surface area contributed by atoms with Gasteiger partial charge in [-0.05, 0) is 24.6 Å². The first-order valence-corrected chi connectivity index (χ1v) is 8.60. The molecule has 0 bridgehead atoms. The van der Waals surface area contributed by atoms with Gasteiger partial charge in [-0.3, -0.25) is 0 Å². The largest absolute Gasteiger partial charge is 0.367 e. The molecule has 1 heterocycles. The number of urea groups is 1. The van der Waals surface area contributed by atoms with Crippen LogP contribution in [-0.4, -0.2) is 43.7 Å². The lowest BCUT2D eigenvalue weighted by molar-refractivity contribution is 0.194. The minimum Gasteiger partial charge on any atom is -0.367 e. The Labute approximate surface area is 142 Å². The number of nitrogens with one attached hydrogen (secondary N) is 1. The number of hydrogen-bond acceptors (Lipinski definition) is 2. The van der Waals surface area contributed by atoms with Crippen LogP contribution in [0, 0.1) is 0 Å². The second-order valence-corrected chi connectivity index (χ2v) is 6.35. The van der Waals surface area contributed by atoms with Crippen LogP contribution in [-0.2, 0) is 0 Å². The van der Waals surface area contributed by atoms with Crippen LogP contribution in [0.2, 0.25) is 10.0 Å². The lowest BCUT2D eigenvalue weighted by atomic mass is 10.2. The van der Waals surface area contributed by atoms with E-state index in [0.717, 1.165) is 44.6 Å². The van der Waals surface area contributed by atoms with Gasteiger partial charge in [0.2, 0.25) is 0 Å². The van der Waals surface area contributed by atoms with Crippen molar-refractivity contribution in [2.24, 2.45) is 0 Å². The second kappa shape index (κ2) is 8.49. The van der Waals surface area contributed by atoms with E-state index in [1.54, 1.807) is 6.07 Å². The highest BCUT2D eigenvalue weighted by Crippen LogP contribution is 2.29. The summed E-state index contributed by atoms with van der Waals surface area (Å²) in [7, 11) is 0. The molecule has 2 rings (SSSR count). The standard InChI is InChI=1S/C16H23Cl2N3O/c1-2-3-4-7-19-16(22)21-10-8-20(9-11-21)15-12-13(17)5-6-14(15)18/h5-6,12H,2-4,7-11H2,1H3,(H,19,22). The molecule has 1 aromatic rings. The molecule has 0 spiro atoms. The van der Waals surface area contributed by atoms with Crippen LogP contribution in [0.15, 0.2) is 18.2 Å². The maximum Gasteiger partial charge on any atom is 0.317 e. The molecular weight excluding hydrogens is 321 g/mol. The van der Waals surface area contributed by atoms with E-state index < -0.39 is 0 Å². The third kappa shape index (κ3) is 4.68. The molecule has 1 N–H and O–H groups in total. The average molecular weight is 344 g/mol. The van der Waals surface area contributed by atoms with E-state index >= 15 is 0 Å². The van der Waals surface area contributed by atoms with Crippen molar-refractivity contribution >= 4 is 34.9 Å². The van der Waals surface area contributed by atoms with Crippen molar-refractivity contribution in [1.29, 1.82) is 0 Å². The summed E-state index contributed by atoms with van der Waals surface area (Å²) in [4.78, 5) is 16.1. The monoisotopic (exact) mass is 343 g/mol. The fourth-order valence-corrected chi connectivity index (χ4v) is 2.96. The first-order chi connectivity index (χ1) is 10.6. The molecule has 2 amide bonds. The molecule has 0 unspecified atom stereocenters. The predicted molar refractivity (Wildman–Crippen MR) is 93.2 cm³/mol. The summed E-state index contributed by atoms with van der Waals surface area (Å²) in [5, 5.41) is 4.36. The minimum atomic E-state index is 0.0351. The maximum absolute atomic E-state index is 12.1. The van der Waals surface area contributed by atoms with Gasteiger partial charge >= 0.3 is 6.03 Å². The fourth-order valence-electron chi connectivity index (χ4n) is 2.56. The van der Waals surface area contributed by atoms with Crippen molar-refractivity contribution in [2.75, 3.05) is 37.6 Å². The summed E-state index contributed by atoms with van der Waals surface area (Å²) in [6, 6.07) is 5.51. The zero-order valence-corrected chi connectivity index (χ0v) is 14.5. The predicted octanol–water partition coefficient (Wildman–Crippen LogP) is 4.02. The zero-order valence-electron chi connectivity index (χ0n) is 12.9. The Morgan fingerprint density at radius 3 is 2.59 bits per heavy atom. The van der Waals surface area contributed by atoms with Gasteiger partial charge in [-0.15, -0.1) is 0 Å². The van der Waals surface area contributed by atoms with E-state index in [-0.39, 0.29) is 6.03 Å². The highest BCUT2D eigenvalue weighted by atomic mass is 35.5. The van der Waals surface area contributed by atoms with Crippen LogP contribution in [0.1, 0.15) is 26.2 Å². The summed E-state index contributed by atoms with van der Waals surface area (Å²) in [5.74, 6) is 0. The molecule has 122 valence electrons. The number of unbranched alkanes of at least 4 members (excludes halogenated alkanes) is 2. The number of rotatable bonds is 5. The van der Waals surface area contributed by atoms with Crippen LogP contribution in [0.5, 0.6) is 0 Å². The molecule has 1 saturated heterocycles. The van der Waals surface area contributed by atoms with E-state index in [9.17, 15) is 4.79 Å². The van der Waals surface area contributed by atoms with Gasteiger partial charge in [0, 0.05) is 37.7 Å². The Kier molecular flexibility index (Phi) is 6.65. The number of hydrogen-bond donors (Lipinski definition) is 1.